The summed E-state index contributed by atoms with van der Waals surface area (Å²) in [6.07, 6.45) is 1.14. The first-order valence-electron chi connectivity index (χ1n) is 8.20. The maximum atomic E-state index is 12.2. The molecule has 0 saturated heterocycles. The summed E-state index contributed by atoms with van der Waals surface area (Å²) in [5, 5.41) is 14.5. The lowest BCUT2D eigenvalue weighted by Gasteiger charge is -2.11. The van der Waals surface area contributed by atoms with Gasteiger partial charge in [0.25, 0.3) is 5.91 Å². The average molecular weight is 459 g/mol. The van der Waals surface area contributed by atoms with Crippen molar-refractivity contribution in [3.05, 3.63) is 75.0 Å². The highest BCUT2D eigenvalue weighted by molar-refractivity contribution is 9.10. The van der Waals surface area contributed by atoms with Gasteiger partial charge in [-0.05, 0) is 36.4 Å². The Kier molecular flexibility index (Phi) is 6.19. The third kappa shape index (κ3) is 4.96. The van der Waals surface area contributed by atoms with Crippen LogP contribution in [0.25, 0.3) is 0 Å². The molecule has 0 aliphatic carbocycles. The van der Waals surface area contributed by atoms with Crippen LogP contribution in [0.2, 0.25) is 0 Å². The van der Waals surface area contributed by atoms with Crippen molar-refractivity contribution in [1.29, 1.82) is 0 Å². The van der Waals surface area contributed by atoms with E-state index in [0.717, 1.165) is 10.8 Å². The summed E-state index contributed by atoms with van der Waals surface area (Å²) in [5.41, 5.74) is 5.36. The number of aromatic nitrogens is 2. The molecule has 0 atom stereocenters. The van der Waals surface area contributed by atoms with Crippen LogP contribution >= 0.6 is 15.9 Å². The normalized spacial score (nSPS) is 10.1. The van der Waals surface area contributed by atoms with Crippen LogP contribution in [0.1, 0.15) is 10.4 Å². The van der Waals surface area contributed by atoms with E-state index in [1.54, 1.807) is 48.5 Å². The molecule has 0 aliphatic heterocycles. The zero-order chi connectivity index (χ0) is 20.8. The molecule has 10 nitrogen and oxygen atoms in total. The second-order valence-corrected chi connectivity index (χ2v) is 6.54. The summed E-state index contributed by atoms with van der Waals surface area (Å²) < 4.78 is 5.96. The molecule has 0 bridgehead atoms. The number of anilines is 3. The van der Waals surface area contributed by atoms with Gasteiger partial charge in [-0.1, -0.05) is 22.0 Å². The van der Waals surface area contributed by atoms with Gasteiger partial charge in [0.1, 0.15) is 12.1 Å². The van der Waals surface area contributed by atoms with E-state index < -0.39 is 16.5 Å². The quantitative estimate of drug-likeness (QED) is 0.361. The first-order chi connectivity index (χ1) is 14.0. The number of hydrazine groups is 1. The summed E-state index contributed by atoms with van der Waals surface area (Å²) in [4.78, 5) is 31.0. The van der Waals surface area contributed by atoms with Crippen LogP contribution in [-0.4, -0.2) is 27.9 Å². The van der Waals surface area contributed by atoms with Crippen molar-refractivity contribution in [2.24, 2.45) is 0 Å². The Morgan fingerprint density at radius 1 is 1.14 bits per heavy atom. The maximum Gasteiger partial charge on any atom is 0.355 e. The van der Waals surface area contributed by atoms with E-state index in [9.17, 15) is 14.9 Å². The molecule has 2 aromatic carbocycles. The Morgan fingerprint density at radius 3 is 2.55 bits per heavy atom. The fraction of sp³-hybridized carbons (Fsp3) is 0.0556. The van der Waals surface area contributed by atoms with Crippen molar-refractivity contribution in [3.63, 3.8) is 0 Å². The minimum absolute atomic E-state index is 0.0429. The predicted molar refractivity (Wildman–Crippen MR) is 110 cm³/mol. The van der Waals surface area contributed by atoms with Crippen LogP contribution in [0.5, 0.6) is 5.75 Å². The SMILES string of the molecule is COc1cccc(Nc2ncnc(NNC(=O)c3ccc(Br)cc3)c2[N+](=O)[O-])c1. The summed E-state index contributed by atoms with van der Waals surface area (Å²) in [6.45, 7) is 0. The third-order valence-corrected chi connectivity index (χ3v) is 4.27. The molecule has 3 N–H and O–H groups in total. The lowest BCUT2D eigenvalue weighted by molar-refractivity contribution is -0.383. The van der Waals surface area contributed by atoms with Gasteiger partial charge >= 0.3 is 5.69 Å². The Bertz CT molecular complexity index is 1040. The van der Waals surface area contributed by atoms with Gasteiger partial charge < -0.3 is 10.1 Å². The molecule has 29 heavy (non-hydrogen) atoms. The van der Waals surface area contributed by atoms with Gasteiger partial charge in [-0.25, -0.2) is 9.97 Å². The first-order valence-corrected chi connectivity index (χ1v) is 8.99. The fourth-order valence-corrected chi connectivity index (χ4v) is 2.63. The number of methoxy groups -OCH3 is 1. The molecule has 0 unspecified atom stereocenters. The largest absolute Gasteiger partial charge is 0.497 e. The lowest BCUT2D eigenvalue weighted by atomic mass is 10.2. The molecule has 3 aromatic rings. The average Bonchev–Trinajstić information content (AvgIpc) is 2.72. The van der Waals surface area contributed by atoms with Gasteiger partial charge in [0, 0.05) is 21.8 Å². The number of amides is 1. The number of benzene rings is 2. The third-order valence-electron chi connectivity index (χ3n) is 3.74. The molecular weight excluding hydrogens is 444 g/mol. The van der Waals surface area contributed by atoms with E-state index >= 15 is 0 Å². The van der Waals surface area contributed by atoms with Gasteiger partial charge in [0.2, 0.25) is 11.6 Å². The fourth-order valence-electron chi connectivity index (χ4n) is 2.36. The van der Waals surface area contributed by atoms with Crippen molar-refractivity contribution in [1.82, 2.24) is 15.4 Å². The number of nitro groups is 1. The number of hydrogen-bond donors (Lipinski definition) is 3. The maximum absolute atomic E-state index is 12.2. The zero-order valence-corrected chi connectivity index (χ0v) is 16.6. The smallest absolute Gasteiger partial charge is 0.355 e. The number of nitrogens with zero attached hydrogens (tertiary/aromatic N) is 3. The van der Waals surface area contributed by atoms with Crippen molar-refractivity contribution < 1.29 is 14.5 Å². The first kappa shape index (κ1) is 20.0. The summed E-state index contributed by atoms with van der Waals surface area (Å²) in [5.74, 6) is -0.112. The zero-order valence-electron chi connectivity index (χ0n) is 15.0. The van der Waals surface area contributed by atoms with Gasteiger partial charge in [-0.3, -0.25) is 25.8 Å². The number of hydrogen-bond acceptors (Lipinski definition) is 8. The summed E-state index contributed by atoms with van der Waals surface area (Å²) in [7, 11) is 1.52. The van der Waals surface area contributed by atoms with Crippen LogP contribution in [-0.2, 0) is 0 Å². The molecule has 0 aliphatic rings. The molecule has 0 saturated carbocycles. The Balaban J connectivity index is 1.81. The molecule has 0 radical (unpaired) electrons. The van der Waals surface area contributed by atoms with E-state index in [0.29, 0.717) is 17.0 Å². The summed E-state index contributed by atoms with van der Waals surface area (Å²) >= 11 is 3.29. The molecular formula is C18H15BrN6O4. The minimum Gasteiger partial charge on any atom is -0.497 e. The minimum atomic E-state index is -0.642. The van der Waals surface area contributed by atoms with Crippen molar-refractivity contribution in [2.45, 2.75) is 0 Å². The van der Waals surface area contributed by atoms with Crippen molar-refractivity contribution in [2.75, 3.05) is 17.9 Å². The Morgan fingerprint density at radius 2 is 1.86 bits per heavy atom. The number of carbonyl (C=O) groups is 1. The van der Waals surface area contributed by atoms with Crippen LogP contribution in [0.4, 0.5) is 23.0 Å². The number of carbonyl (C=O) groups excluding carboxylic acids is 1. The number of halogens is 1. The topological polar surface area (TPSA) is 131 Å². The van der Waals surface area contributed by atoms with Gasteiger partial charge in [-0.2, -0.15) is 0 Å². The predicted octanol–water partition coefficient (Wildman–Crippen LogP) is 3.66. The Hall–Kier alpha value is -3.73. The monoisotopic (exact) mass is 458 g/mol. The molecule has 148 valence electrons. The molecule has 1 aromatic heterocycles. The van der Waals surface area contributed by atoms with Crippen LogP contribution in [0.15, 0.2) is 59.3 Å². The van der Waals surface area contributed by atoms with Crippen LogP contribution in [0.3, 0.4) is 0 Å². The van der Waals surface area contributed by atoms with Crippen LogP contribution in [0, 0.1) is 10.1 Å². The Labute approximate surface area is 173 Å². The molecule has 11 heteroatoms. The molecule has 0 fully saturated rings. The standard InChI is InChI=1S/C18H15BrN6O4/c1-29-14-4-2-3-13(9-14)22-16-15(25(27)28)17(21-10-20-16)23-24-18(26)11-5-7-12(19)8-6-11/h2-10H,1H3,(H,24,26)(H2,20,21,22,23). The van der Waals surface area contributed by atoms with Gasteiger partial charge in [0.15, 0.2) is 0 Å². The van der Waals surface area contributed by atoms with E-state index in [1.807, 2.05) is 0 Å². The van der Waals surface area contributed by atoms with E-state index in [1.165, 1.54) is 7.11 Å². The van der Waals surface area contributed by atoms with Gasteiger partial charge in [0.05, 0.1) is 12.0 Å². The summed E-state index contributed by atoms with van der Waals surface area (Å²) in [6, 6.07) is 13.5. The second-order valence-electron chi connectivity index (χ2n) is 5.62. The van der Waals surface area contributed by atoms with Gasteiger partial charge in [-0.15, -0.1) is 0 Å². The highest BCUT2D eigenvalue weighted by atomic mass is 79.9. The molecule has 0 spiro atoms. The number of nitrogens with one attached hydrogen (secondary N) is 3. The highest BCUT2D eigenvalue weighted by Gasteiger charge is 2.24. The van der Waals surface area contributed by atoms with Crippen LogP contribution < -0.4 is 20.9 Å². The van der Waals surface area contributed by atoms with Crippen molar-refractivity contribution in [3.8, 4) is 5.75 Å². The lowest BCUT2D eigenvalue weighted by Crippen LogP contribution is -2.30. The second kappa shape index (κ2) is 8.97. The van der Waals surface area contributed by atoms with Crippen molar-refractivity contribution >= 4 is 44.8 Å². The van der Waals surface area contributed by atoms with E-state index in [-0.39, 0.29) is 11.6 Å². The number of rotatable bonds is 7. The van der Waals surface area contributed by atoms with E-state index in [4.69, 9.17) is 4.74 Å². The molecule has 3 rings (SSSR count). The van der Waals surface area contributed by atoms with E-state index in [2.05, 4.69) is 42.1 Å². The number of ether oxygens (including phenoxy) is 1. The molecule has 1 heterocycles. The molecule has 1 amide bonds. The highest BCUT2D eigenvalue weighted by Crippen LogP contribution is 2.31.